The molecule has 0 radical (unpaired) electrons. The smallest absolute Gasteiger partial charge is 0.0155 e. The number of rotatable bonds is 4. The van der Waals surface area contributed by atoms with Crippen molar-refractivity contribution in [2.24, 2.45) is 0 Å². The highest BCUT2D eigenvalue weighted by Gasteiger charge is 1.99. The molecule has 0 saturated carbocycles. The summed E-state index contributed by atoms with van der Waals surface area (Å²) in [6, 6.07) is 33.9. The first-order chi connectivity index (χ1) is 14.6. The molecule has 30 heavy (non-hydrogen) atoms. The Balaban J connectivity index is 0.000000171. The first-order valence-corrected chi connectivity index (χ1v) is 10.2. The second-order valence-electron chi connectivity index (χ2n) is 7.34. The van der Waals surface area contributed by atoms with Gasteiger partial charge in [0, 0.05) is 0 Å². The Morgan fingerprint density at radius 3 is 1.63 bits per heavy atom. The zero-order chi connectivity index (χ0) is 21.3. The maximum atomic E-state index is 3.75. The Morgan fingerprint density at radius 2 is 1.10 bits per heavy atom. The van der Waals surface area contributed by atoms with E-state index in [0.29, 0.717) is 0 Å². The summed E-state index contributed by atoms with van der Waals surface area (Å²) in [6.07, 6.45) is 3.72. The van der Waals surface area contributed by atoms with Crippen LogP contribution in [0.25, 0.3) is 34.4 Å². The molecule has 0 spiro atoms. The van der Waals surface area contributed by atoms with Gasteiger partial charge in [-0.2, -0.15) is 0 Å². The van der Waals surface area contributed by atoms with E-state index in [1.807, 2.05) is 12.2 Å². The second kappa shape index (κ2) is 10.2. The zero-order valence-corrected chi connectivity index (χ0v) is 17.8. The van der Waals surface area contributed by atoms with Crippen LogP contribution in [0.1, 0.15) is 22.3 Å². The molecule has 0 atom stereocenters. The monoisotopic (exact) mass is 388 g/mol. The van der Waals surface area contributed by atoms with Gasteiger partial charge in [0.25, 0.3) is 0 Å². The van der Waals surface area contributed by atoms with Gasteiger partial charge in [0.1, 0.15) is 0 Å². The highest BCUT2D eigenvalue weighted by Crippen LogP contribution is 2.23. The van der Waals surface area contributed by atoms with E-state index in [1.165, 1.54) is 33.4 Å². The van der Waals surface area contributed by atoms with Crippen molar-refractivity contribution < 1.29 is 0 Å². The molecule has 0 aromatic heterocycles. The van der Waals surface area contributed by atoms with E-state index in [2.05, 4.69) is 124 Å². The molecule has 0 bridgehead atoms. The first kappa shape index (κ1) is 21.1. The summed E-state index contributed by atoms with van der Waals surface area (Å²) in [5, 5.41) is 0. The van der Waals surface area contributed by atoms with Crippen molar-refractivity contribution in [1.29, 1.82) is 0 Å². The molecule has 0 heteroatoms. The van der Waals surface area contributed by atoms with Crippen molar-refractivity contribution in [2.45, 2.75) is 13.8 Å². The third-order valence-electron chi connectivity index (χ3n) is 5.10. The van der Waals surface area contributed by atoms with E-state index in [1.54, 1.807) is 0 Å². The summed E-state index contributed by atoms with van der Waals surface area (Å²) in [5.41, 5.74) is 10.0. The molecule has 0 N–H and O–H groups in total. The Kier molecular flexibility index (Phi) is 7.19. The minimum Gasteiger partial charge on any atom is -0.0985 e. The SMILES string of the molecule is C=Cc1ccc(-c2cccc(C)c2)cc1.C=Cc1ccc(-c2ccccc2C)cc1. The van der Waals surface area contributed by atoms with Gasteiger partial charge in [-0.25, -0.2) is 0 Å². The summed E-state index contributed by atoms with van der Waals surface area (Å²) >= 11 is 0. The Hall–Kier alpha value is -3.64. The number of aryl methyl sites for hydroxylation is 2. The third-order valence-corrected chi connectivity index (χ3v) is 5.10. The lowest BCUT2D eigenvalue weighted by Gasteiger charge is -2.05. The largest absolute Gasteiger partial charge is 0.0985 e. The minimum atomic E-state index is 1.16. The molecule has 0 aliphatic heterocycles. The van der Waals surface area contributed by atoms with E-state index >= 15 is 0 Å². The van der Waals surface area contributed by atoms with Crippen molar-refractivity contribution in [3.8, 4) is 22.3 Å². The molecular formula is C30H28. The van der Waals surface area contributed by atoms with Crippen LogP contribution in [0.5, 0.6) is 0 Å². The van der Waals surface area contributed by atoms with E-state index < -0.39 is 0 Å². The zero-order valence-electron chi connectivity index (χ0n) is 17.8. The van der Waals surface area contributed by atoms with Gasteiger partial charge in [-0.3, -0.25) is 0 Å². The van der Waals surface area contributed by atoms with Crippen LogP contribution in [0, 0.1) is 13.8 Å². The van der Waals surface area contributed by atoms with Crippen molar-refractivity contribution in [3.63, 3.8) is 0 Å². The van der Waals surface area contributed by atoms with Gasteiger partial charge in [-0.1, -0.05) is 128 Å². The van der Waals surface area contributed by atoms with Crippen molar-refractivity contribution in [2.75, 3.05) is 0 Å². The van der Waals surface area contributed by atoms with Gasteiger partial charge >= 0.3 is 0 Å². The quantitative estimate of drug-likeness (QED) is 0.328. The summed E-state index contributed by atoms with van der Waals surface area (Å²) in [5.74, 6) is 0. The van der Waals surface area contributed by atoms with Crippen molar-refractivity contribution in [3.05, 3.63) is 132 Å². The first-order valence-electron chi connectivity index (χ1n) is 10.2. The van der Waals surface area contributed by atoms with Crippen LogP contribution < -0.4 is 0 Å². The van der Waals surface area contributed by atoms with Crippen LogP contribution >= 0.6 is 0 Å². The molecule has 4 aromatic rings. The summed E-state index contributed by atoms with van der Waals surface area (Å²) in [7, 11) is 0. The highest BCUT2D eigenvalue weighted by atomic mass is 14.0. The van der Waals surface area contributed by atoms with Gasteiger partial charge < -0.3 is 0 Å². The van der Waals surface area contributed by atoms with Gasteiger partial charge in [0.05, 0.1) is 0 Å². The molecule has 0 aliphatic carbocycles. The molecule has 4 aromatic carbocycles. The fourth-order valence-electron chi connectivity index (χ4n) is 3.33. The predicted molar refractivity (Wildman–Crippen MR) is 133 cm³/mol. The third kappa shape index (κ3) is 5.46. The lowest BCUT2D eigenvalue weighted by molar-refractivity contribution is 1.46. The molecule has 0 saturated heterocycles. The molecule has 148 valence electrons. The fourth-order valence-corrected chi connectivity index (χ4v) is 3.33. The van der Waals surface area contributed by atoms with Crippen molar-refractivity contribution in [1.82, 2.24) is 0 Å². The number of hydrogen-bond donors (Lipinski definition) is 0. The average molecular weight is 389 g/mol. The number of benzene rings is 4. The van der Waals surface area contributed by atoms with Crippen LogP contribution in [0.2, 0.25) is 0 Å². The molecule has 0 amide bonds. The minimum absolute atomic E-state index is 1.16. The van der Waals surface area contributed by atoms with Crippen LogP contribution in [0.15, 0.2) is 110 Å². The predicted octanol–water partition coefficient (Wildman–Crippen LogP) is 8.61. The van der Waals surface area contributed by atoms with E-state index in [4.69, 9.17) is 0 Å². The highest BCUT2D eigenvalue weighted by molar-refractivity contribution is 5.68. The molecule has 0 nitrogen and oxygen atoms in total. The fraction of sp³-hybridized carbons (Fsp3) is 0.0667. The van der Waals surface area contributed by atoms with Gasteiger partial charge in [0.2, 0.25) is 0 Å². The lowest BCUT2D eigenvalue weighted by Crippen LogP contribution is -1.82. The van der Waals surface area contributed by atoms with Crippen molar-refractivity contribution >= 4 is 12.2 Å². The second-order valence-corrected chi connectivity index (χ2v) is 7.34. The standard InChI is InChI=1S/2C15H14/c1-3-13-7-9-14(10-8-13)15-6-4-5-12(2)11-15;1-3-13-8-10-14(11-9-13)15-7-5-4-6-12(15)2/h2*3-11H,1H2,2H3. The molecule has 4 rings (SSSR count). The Labute approximate surface area is 180 Å². The Bertz CT molecular complexity index is 1110. The molecule has 0 fully saturated rings. The normalized spacial score (nSPS) is 9.93. The molecule has 0 unspecified atom stereocenters. The van der Waals surface area contributed by atoms with Crippen LogP contribution in [0.3, 0.4) is 0 Å². The summed E-state index contributed by atoms with van der Waals surface area (Å²) in [6.45, 7) is 11.7. The number of hydrogen-bond acceptors (Lipinski definition) is 0. The van der Waals surface area contributed by atoms with E-state index in [-0.39, 0.29) is 0 Å². The topological polar surface area (TPSA) is 0 Å². The van der Waals surface area contributed by atoms with Crippen LogP contribution in [-0.2, 0) is 0 Å². The Morgan fingerprint density at radius 1 is 0.533 bits per heavy atom. The molecule has 0 heterocycles. The van der Waals surface area contributed by atoms with Crippen LogP contribution in [-0.4, -0.2) is 0 Å². The molecule has 0 aliphatic rings. The van der Waals surface area contributed by atoms with Crippen LogP contribution in [0.4, 0.5) is 0 Å². The lowest BCUT2D eigenvalue weighted by atomic mass is 10.00. The summed E-state index contributed by atoms with van der Waals surface area (Å²) < 4.78 is 0. The van der Waals surface area contributed by atoms with E-state index in [9.17, 15) is 0 Å². The van der Waals surface area contributed by atoms with Gasteiger partial charge in [-0.05, 0) is 52.8 Å². The maximum Gasteiger partial charge on any atom is -0.0155 e. The molecular weight excluding hydrogens is 360 g/mol. The van der Waals surface area contributed by atoms with Gasteiger partial charge in [0.15, 0.2) is 0 Å². The van der Waals surface area contributed by atoms with Gasteiger partial charge in [-0.15, -0.1) is 0 Å². The van der Waals surface area contributed by atoms with E-state index in [0.717, 1.165) is 11.1 Å². The summed E-state index contributed by atoms with van der Waals surface area (Å²) in [4.78, 5) is 0. The maximum absolute atomic E-state index is 3.75. The average Bonchev–Trinajstić information content (AvgIpc) is 2.80.